The molecule has 1 unspecified atom stereocenters. The molecule has 7 heteroatoms. The Morgan fingerprint density at radius 2 is 1.81 bits per heavy atom. The molecule has 2 N–H and O–H groups in total. The Morgan fingerprint density at radius 1 is 1.15 bits per heavy atom. The third kappa shape index (κ3) is 5.98. The molecule has 5 nitrogen and oxygen atoms in total. The van der Waals surface area contributed by atoms with Gasteiger partial charge in [-0.05, 0) is 36.5 Å². The van der Waals surface area contributed by atoms with E-state index in [4.69, 9.17) is 5.73 Å². The molecule has 0 saturated carbocycles. The Morgan fingerprint density at radius 3 is 2.41 bits per heavy atom. The van der Waals surface area contributed by atoms with Crippen LogP contribution in [0.5, 0.6) is 0 Å². The smallest absolute Gasteiger partial charge is 0.236 e. The Hall–Kier alpha value is -1.01. The van der Waals surface area contributed by atoms with E-state index in [0.29, 0.717) is 6.54 Å². The minimum Gasteiger partial charge on any atom is -0.368 e. The van der Waals surface area contributed by atoms with E-state index < -0.39 is 0 Å². The lowest BCUT2D eigenvalue weighted by Gasteiger charge is -2.43. The van der Waals surface area contributed by atoms with Crippen LogP contribution in [0.3, 0.4) is 0 Å². The number of anilines is 1. The molecule has 2 fully saturated rings. The monoisotopic (exact) mass is 416 g/mol. The first kappa shape index (κ1) is 24.0. The Balaban J connectivity index is 0.00000182. The number of hydrogen-bond acceptors (Lipinski definition) is 4. The van der Waals surface area contributed by atoms with Crippen LogP contribution in [0.1, 0.15) is 25.8 Å². The zero-order valence-corrected chi connectivity index (χ0v) is 18.3. The molecule has 1 aromatic rings. The van der Waals surface area contributed by atoms with Gasteiger partial charge in [0.25, 0.3) is 0 Å². The highest BCUT2D eigenvalue weighted by molar-refractivity contribution is 5.85. The number of likely N-dealkylation sites (tertiary alicyclic amines) is 1. The highest BCUT2D eigenvalue weighted by atomic mass is 35.5. The first-order valence-electron chi connectivity index (χ1n) is 9.42. The van der Waals surface area contributed by atoms with Crippen molar-refractivity contribution in [2.75, 3.05) is 50.7 Å². The number of carbonyl (C=O) groups is 1. The van der Waals surface area contributed by atoms with Crippen molar-refractivity contribution >= 4 is 36.4 Å². The van der Waals surface area contributed by atoms with Crippen molar-refractivity contribution in [1.29, 1.82) is 0 Å². The molecule has 1 amide bonds. The van der Waals surface area contributed by atoms with Gasteiger partial charge in [-0.15, -0.1) is 24.8 Å². The summed E-state index contributed by atoms with van der Waals surface area (Å²) in [5.74, 6) is 0.259. The molecule has 3 rings (SSSR count). The number of aryl methyl sites for hydroxylation is 1. The van der Waals surface area contributed by atoms with Crippen molar-refractivity contribution in [1.82, 2.24) is 9.80 Å². The van der Waals surface area contributed by atoms with Gasteiger partial charge in [-0.2, -0.15) is 0 Å². The molecule has 0 radical (unpaired) electrons. The predicted octanol–water partition coefficient (Wildman–Crippen LogP) is 2.55. The van der Waals surface area contributed by atoms with Crippen LogP contribution < -0.4 is 10.6 Å². The van der Waals surface area contributed by atoms with Crippen LogP contribution in [0.25, 0.3) is 0 Å². The van der Waals surface area contributed by atoms with Gasteiger partial charge in [-0.25, -0.2) is 0 Å². The molecule has 2 aliphatic heterocycles. The Labute approximate surface area is 176 Å². The number of benzene rings is 1. The number of rotatable bonds is 3. The summed E-state index contributed by atoms with van der Waals surface area (Å²) in [6, 6.07) is 8.83. The standard InChI is InChI=1S/C20H32N4O.2ClH/c1-16-5-4-6-17(13-16)23-9-11-24(12-10-23)19(25)14-22-8-7-18(21)20(2,3)15-22;;/h4-6,13,18H,7-12,14-15,21H2,1-3H3;2*1H. The summed E-state index contributed by atoms with van der Waals surface area (Å²) in [7, 11) is 0. The van der Waals surface area contributed by atoms with Gasteiger partial charge < -0.3 is 15.5 Å². The molecule has 27 heavy (non-hydrogen) atoms. The van der Waals surface area contributed by atoms with Crippen LogP contribution in [0, 0.1) is 12.3 Å². The van der Waals surface area contributed by atoms with Crippen molar-refractivity contribution in [3.8, 4) is 0 Å². The van der Waals surface area contributed by atoms with Crippen LogP contribution in [0.15, 0.2) is 24.3 Å². The van der Waals surface area contributed by atoms with Crippen LogP contribution in [0.4, 0.5) is 5.69 Å². The molecule has 0 bridgehead atoms. The summed E-state index contributed by atoms with van der Waals surface area (Å²) in [6.45, 7) is 12.3. The van der Waals surface area contributed by atoms with Crippen molar-refractivity contribution in [2.45, 2.75) is 33.2 Å². The summed E-state index contributed by atoms with van der Waals surface area (Å²) in [5.41, 5.74) is 8.83. The largest absolute Gasteiger partial charge is 0.368 e. The quantitative estimate of drug-likeness (QED) is 0.822. The average Bonchev–Trinajstić information content (AvgIpc) is 2.58. The zero-order valence-electron chi connectivity index (χ0n) is 16.7. The van der Waals surface area contributed by atoms with Gasteiger partial charge in [0.2, 0.25) is 5.91 Å². The molecular formula is C20H34Cl2N4O. The summed E-state index contributed by atoms with van der Waals surface area (Å²) in [4.78, 5) is 19.4. The van der Waals surface area contributed by atoms with E-state index in [2.05, 4.69) is 54.8 Å². The molecule has 0 aromatic heterocycles. The van der Waals surface area contributed by atoms with Gasteiger partial charge >= 0.3 is 0 Å². The van der Waals surface area contributed by atoms with Crippen LogP contribution in [-0.2, 0) is 4.79 Å². The second kappa shape index (κ2) is 9.97. The third-order valence-corrected chi connectivity index (χ3v) is 5.75. The summed E-state index contributed by atoms with van der Waals surface area (Å²) in [6.07, 6.45) is 0.974. The lowest BCUT2D eigenvalue weighted by Crippen LogP contribution is -2.56. The molecule has 1 aromatic carbocycles. The number of halogens is 2. The van der Waals surface area contributed by atoms with Crippen molar-refractivity contribution < 1.29 is 4.79 Å². The molecule has 2 saturated heterocycles. The lowest BCUT2D eigenvalue weighted by molar-refractivity contribution is -0.133. The van der Waals surface area contributed by atoms with Gasteiger partial charge in [-0.1, -0.05) is 26.0 Å². The zero-order chi connectivity index (χ0) is 18.0. The van der Waals surface area contributed by atoms with Crippen molar-refractivity contribution in [3.63, 3.8) is 0 Å². The Bertz CT molecular complexity index is 618. The summed E-state index contributed by atoms with van der Waals surface area (Å²) < 4.78 is 0. The fourth-order valence-corrected chi connectivity index (χ4v) is 3.95. The van der Waals surface area contributed by atoms with Gasteiger partial charge in [-0.3, -0.25) is 9.69 Å². The van der Waals surface area contributed by atoms with E-state index in [1.54, 1.807) is 0 Å². The molecule has 2 heterocycles. The fraction of sp³-hybridized carbons (Fsp3) is 0.650. The number of nitrogens with two attached hydrogens (primary N) is 1. The average molecular weight is 417 g/mol. The SMILES string of the molecule is Cc1cccc(N2CCN(C(=O)CN3CCC(N)C(C)(C)C3)CC2)c1.Cl.Cl. The maximum absolute atomic E-state index is 12.7. The number of amides is 1. The minimum atomic E-state index is 0. The summed E-state index contributed by atoms with van der Waals surface area (Å²) >= 11 is 0. The number of hydrogen-bond donors (Lipinski definition) is 1. The molecule has 1 atom stereocenters. The van der Waals surface area contributed by atoms with Crippen LogP contribution in [-0.4, -0.2) is 67.6 Å². The lowest BCUT2D eigenvalue weighted by atomic mass is 9.80. The van der Waals surface area contributed by atoms with E-state index in [1.807, 2.05) is 4.90 Å². The topological polar surface area (TPSA) is 52.8 Å². The van der Waals surface area contributed by atoms with Crippen LogP contribution in [0.2, 0.25) is 0 Å². The summed E-state index contributed by atoms with van der Waals surface area (Å²) in [5, 5.41) is 0. The number of carbonyl (C=O) groups excluding carboxylic acids is 1. The first-order valence-corrected chi connectivity index (χ1v) is 9.42. The van der Waals surface area contributed by atoms with Gasteiger partial charge in [0.15, 0.2) is 0 Å². The van der Waals surface area contributed by atoms with Crippen molar-refractivity contribution in [3.05, 3.63) is 29.8 Å². The molecular weight excluding hydrogens is 383 g/mol. The van der Waals surface area contributed by atoms with E-state index in [0.717, 1.165) is 45.7 Å². The third-order valence-electron chi connectivity index (χ3n) is 5.75. The minimum absolute atomic E-state index is 0. The highest BCUT2D eigenvalue weighted by Gasteiger charge is 2.34. The maximum Gasteiger partial charge on any atom is 0.236 e. The van der Waals surface area contributed by atoms with Gasteiger partial charge in [0, 0.05) is 51.0 Å². The van der Waals surface area contributed by atoms with Crippen LogP contribution >= 0.6 is 24.8 Å². The van der Waals surface area contributed by atoms with E-state index in [-0.39, 0.29) is 42.2 Å². The number of piperazine rings is 1. The first-order chi connectivity index (χ1) is 11.8. The number of nitrogens with zero attached hydrogens (tertiary/aromatic N) is 3. The number of piperidine rings is 1. The second-order valence-electron chi connectivity index (χ2n) is 8.30. The fourth-order valence-electron chi connectivity index (χ4n) is 3.95. The highest BCUT2D eigenvalue weighted by Crippen LogP contribution is 2.27. The second-order valence-corrected chi connectivity index (χ2v) is 8.30. The molecule has 154 valence electrons. The van der Waals surface area contributed by atoms with Gasteiger partial charge in [0.05, 0.1) is 6.54 Å². The Kier molecular flexibility index (Phi) is 8.87. The van der Waals surface area contributed by atoms with Gasteiger partial charge in [0.1, 0.15) is 0 Å². The van der Waals surface area contributed by atoms with Crippen molar-refractivity contribution in [2.24, 2.45) is 11.1 Å². The normalized spacial score (nSPS) is 22.6. The molecule has 0 aliphatic carbocycles. The predicted molar refractivity (Wildman–Crippen MR) is 117 cm³/mol. The van der Waals surface area contributed by atoms with E-state index >= 15 is 0 Å². The van der Waals surface area contributed by atoms with E-state index in [1.165, 1.54) is 11.3 Å². The molecule has 2 aliphatic rings. The maximum atomic E-state index is 12.7. The molecule has 0 spiro atoms. The van der Waals surface area contributed by atoms with E-state index in [9.17, 15) is 4.79 Å².